The summed E-state index contributed by atoms with van der Waals surface area (Å²) in [5.74, 6) is -0.0772. The maximum absolute atomic E-state index is 12.1. The van der Waals surface area contributed by atoms with E-state index in [1.54, 1.807) is 0 Å². The van der Waals surface area contributed by atoms with E-state index in [2.05, 4.69) is 33.4 Å². The van der Waals surface area contributed by atoms with Crippen molar-refractivity contribution in [2.45, 2.75) is 44.7 Å². The number of halogens is 1. The van der Waals surface area contributed by atoms with Gasteiger partial charge in [0.15, 0.2) is 11.4 Å². The van der Waals surface area contributed by atoms with Crippen LogP contribution in [-0.4, -0.2) is 39.0 Å². The highest BCUT2D eigenvalue weighted by Crippen LogP contribution is 2.43. The predicted molar refractivity (Wildman–Crippen MR) is 111 cm³/mol. The van der Waals surface area contributed by atoms with Crippen LogP contribution in [0.1, 0.15) is 47.3 Å². The zero-order valence-electron chi connectivity index (χ0n) is 16.5. The van der Waals surface area contributed by atoms with Gasteiger partial charge in [0.25, 0.3) is 11.3 Å². The zero-order valence-corrected chi connectivity index (χ0v) is 17.2. The van der Waals surface area contributed by atoms with Gasteiger partial charge in [-0.25, -0.2) is 0 Å². The van der Waals surface area contributed by atoms with E-state index in [1.807, 2.05) is 6.08 Å². The number of fused-ring (bicyclic) bond motifs is 1. The average Bonchev–Trinajstić information content (AvgIpc) is 3.29. The number of nitrogens with one attached hydrogen (secondary N) is 2. The van der Waals surface area contributed by atoms with Crippen molar-refractivity contribution in [3.8, 4) is 5.75 Å². The Hall–Kier alpha value is -2.74. The molecule has 2 aliphatic rings. The van der Waals surface area contributed by atoms with Gasteiger partial charge in [0.1, 0.15) is 5.82 Å². The van der Waals surface area contributed by atoms with Gasteiger partial charge in [0.2, 0.25) is 0 Å². The minimum atomic E-state index is -0.767. The van der Waals surface area contributed by atoms with Crippen LogP contribution in [0.15, 0.2) is 22.2 Å². The lowest BCUT2D eigenvalue weighted by Gasteiger charge is -2.34. The first-order valence-electron chi connectivity index (χ1n) is 9.70. The highest BCUT2D eigenvalue weighted by Gasteiger charge is 2.39. The summed E-state index contributed by atoms with van der Waals surface area (Å²) < 4.78 is 3.76. The Kier molecular flexibility index (Phi) is 4.90. The number of amides is 1. The Morgan fingerprint density at radius 2 is 2.10 bits per heavy atom. The van der Waals surface area contributed by atoms with Crippen molar-refractivity contribution in [2.75, 3.05) is 18.9 Å². The number of aromatic hydroxyl groups is 1. The van der Waals surface area contributed by atoms with E-state index in [4.69, 9.17) is 11.6 Å². The van der Waals surface area contributed by atoms with Gasteiger partial charge in [-0.1, -0.05) is 24.4 Å². The van der Waals surface area contributed by atoms with E-state index in [0.717, 1.165) is 47.7 Å². The summed E-state index contributed by atoms with van der Waals surface area (Å²) in [7, 11) is 1.43. The molecule has 0 saturated heterocycles. The number of aryl methyl sites for hydroxylation is 1. The fourth-order valence-corrected chi connectivity index (χ4v) is 4.61. The van der Waals surface area contributed by atoms with Crippen LogP contribution in [0, 0.1) is 6.92 Å². The number of anilines is 1. The molecule has 9 heteroatoms. The van der Waals surface area contributed by atoms with Crippen molar-refractivity contribution < 1.29 is 9.90 Å². The number of nitrogens with zero attached hydrogens (tertiary/aromatic N) is 3. The van der Waals surface area contributed by atoms with E-state index in [1.165, 1.54) is 17.9 Å². The number of carbonyl (C=O) groups excluding carboxylic acids is 1. The Balaban J connectivity index is 1.79. The molecule has 29 heavy (non-hydrogen) atoms. The van der Waals surface area contributed by atoms with Crippen molar-refractivity contribution >= 4 is 29.4 Å². The molecule has 1 aliphatic carbocycles. The molecule has 3 N–H and O–H groups in total. The minimum absolute atomic E-state index is 0.280. The summed E-state index contributed by atoms with van der Waals surface area (Å²) >= 11 is 6.22. The smallest absolute Gasteiger partial charge is 0.275 e. The molecule has 0 unspecified atom stereocenters. The molecule has 0 bridgehead atoms. The Morgan fingerprint density at radius 1 is 1.38 bits per heavy atom. The van der Waals surface area contributed by atoms with Crippen LogP contribution in [0.25, 0.3) is 6.08 Å². The maximum Gasteiger partial charge on any atom is 0.275 e. The monoisotopic (exact) mass is 417 g/mol. The van der Waals surface area contributed by atoms with Crippen LogP contribution < -0.4 is 16.1 Å². The summed E-state index contributed by atoms with van der Waals surface area (Å²) in [6.45, 7) is 3.06. The van der Waals surface area contributed by atoms with Crippen molar-refractivity contribution in [1.82, 2.24) is 19.7 Å². The van der Waals surface area contributed by atoms with Crippen LogP contribution >= 0.6 is 11.6 Å². The summed E-state index contributed by atoms with van der Waals surface area (Å²) in [5, 5.41) is 20.9. The number of carbonyl (C=O) groups is 1. The van der Waals surface area contributed by atoms with Gasteiger partial charge >= 0.3 is 0 Å². The fourth-order valence-electron chi connectivity index (χ4n) is 4.44. The zero-order chi connectivity index (χ0) is 20.8. The SMILES string of the molecule is CNC(=O)c1nn(CC2(n3cc(C)c4c3NCC(Cl)=C4)CCCC2)cc(O)c1=O. The van der Waals surface area contributed by atoms with Crippen molar-refractivity contribution in [3.05, 3.63) is 44.5 Å². The molecule has 4 rings (SSSR count). The van der Waals surface area contributed by atoms with Gasteiger partial charge in [-0.3, -0.25) is 14.3 Å². The van der Waals surface area contributed by atoms with Crippen LogP contribution in [0.5, 0.6) is 5.75 Å². The van der Waals surface area contributed by atoms with Gasteiger partial charge < -0.3 is 20.3 Å². The molecule has 0 spiro atoms. The predicted octanol–water partition coefficient (Wildman–Crippen LogP) is 2.39. The largest absolute Gasteiger partial charge is 0.503 e. The lowest BCUT2D eigenvalue weighted by atomic mass is 9.96. The first-order valence-corrected chi connectivity index (χ1v) is 10.1. The Morgan fingerprint density at radius 3 is 2.79 bits per heavy atom. The van der Waals surface area contributed by atoms with Crippen LogP contribution in [0.2, 0.25) is 0 Å². The second-order valence-electron chi connectivity index (χ2n) is 7.79. The van der Waals surface area contributed by atoms with Crippen LogP contribution in [-0.2, 0) is 12.1 Å². The van der Waals surface area contributed by atoms with E-state index >= 15 is 0 Å². The number of aromatic nitrogens is 3. The molecule has 1 aliphatic heterocycles. The summed E-state index contributed by atoms with van der Waals surface area (Å²) in [6, 6.07) is 0. The highest BCUT2D eigenvalue weighted by atomic mass is 35.5. The fraction of sp³-hybridized carbons (Fsp3) is 0.450. The van der Waals surface area contributed by atoms with Gasteiger partial charge in [-0.15, -0.1) is 0 Å². The molecule has 0 aromatic carbocycles. The summed E-state index contributed by atoms with van der Waals surface area (Å²) in [4.78, 5) is 24.1. The third-order valence-corrected chi connectivity index (χ3v) is 6.10. The molecule has 1 saturated carbocycles. The maximum atomic E-state index is 12.1. The molecule has 0 radical (unpaired) electrons. The number of hydrogen-bond acceptors (Lipinski definition) is 5. The molecular weight excluding hydrogens is 394 g/mol. The van der Waals surface area contributed by atoms with Crippen molar-refractivity contribution in [1.29, 1.82) is 0 Å². The van der Waals surface area contributed by atoms with E-state index < -0.39 is 17.1 Å². The first-order chi connectivity index (χ1) is 13.8. The number of hydrogen-bond donors (Lipinski definition) is 3. The molecule has 154 valence electrons. The first kappa shape index (κ1) is 19.6. The van der Waals surface area contributed by atoms with Crippen molar-refractivity contribution in [2.24, 2.45) is 0 Å². The molecule has 8 nitrogen and oxygen atoms in total. The second-order valence-corrected chi connectivity index (χ2v) is 8.27. The van der Waals surface area contributed by atoms with E-state index in [0.29, 0.717) is 13.1 Å². The van der Waals surface area contributed by atoms with Gasteiger partial charge in [-0.05, 0) is 31.4 Å². The molecular formula is C20H24ClN5O3. The van der Waals surface area contributed by atoms with Crippen LogP contribution in [0.3, 0.4) is 0 Å². The van der Waals surface area contributed by atoms with E-state index in [-0.39, 0.29) is 11.2 Å². The second kappa shape index (κ2) is 7.26. The topological polar surface area (TPSA) is 101 Å². The standard InChI is InChI=1S/C20H24ClN5O3/c1-12-9-26(18-14(12)7-13(21)8-23-18)20(5-3-4-6-20)11-25-10-15(27)17(28)16(24-25)19(29)22-2/h7,9-10,23,27H,3-6,8,11H2,1-2H3,(H,22,29). The third-order valence-electron chi connectivity index (χ3n) is 5.86. The number of rotatable bonds is 4. The summed E-state index contributed by atoms with van der Waals surface area (Å²) in [5.41, 5.74) is 0.848. The van der Waals surface area contributed by atoms with Gasteiger partial charge in [-0.2, -0.15) is 5.10 Å². The minimum Gasteiger partial charge on any atom is -0.503 e. The molecule has 1 amide bonds. The Bertz CT molecular complexity index is 1060. The molecule has 2 aromatic heterocycles. The average molecular weight is 418 g/mol. The molecule has 0 atom stereocenters. The van der Waals surface area contributed by atoms with Gasteiger partial charge in [0.05, 0.1) is 24.8 Å². The third kappa shape index (κ3) is 3.31. The molecule has 3 heterocycles. The van der Waals surface area contributed by atoms with Crippen LogP contribution in [0.4, 0.5) is 5.82 Å². The summed E-state index contributed by atoms with van der Waals surface area (Å²) in [6.07, 6.45) is 9.41. The lowest BCUT2D eigenvalue weighted by Crippen LogP contribution is -2.38. The molecule has 1 fully saturated rings. The normalized spacial score (nSPS) is 17.4. The van der Waals surface area contributed by atoms with E-state index in [9.17, 15) is 14.7 Å². The van der Waals surface area contributed by atoms with Crippen molar-refractivity contribution in [3.63, 3.8) is 0 Å². The highest BCUT2D eigenvalue weighted by molar-refractivity contribution is 6.32. The molecule has 2 aromatic rings. The Labute approximate surface area is 173 Å². The lowest BCUT2D eigenvalue weighted by molar-refractivity contribution is 0.0952. The quantitative estimate of drug-likeness (QED) is 0.709. The van der Waals surface area contributed by atoms with Gasteiger partial charge in [0, 0.05) is 23.8 Å².